The lowest BCUT2D eigenvalue weighted by Crippen LogP contribution is -2.23. The normalized spacial score (nSPS) is 10.3. The van der Waals surface area contributed by atoms with Crippen molar-refractivity contribution in [1.29, 1.82) is 0 Å². The third-order valence-electron chi connectivity index (χ3n) is 3.54. The molecule has 0 aliphatic rings. The maximum absolute atomic E-state index is 12.3. The zero-order valence-corrected chi connectivity index (χ0v) is 13.8. The number of benzene rings is 1. The van der Waals surface area contributed by atoms with Gasteiger partial charge in [0.15, 0.2) is 11.5 Å². The number of rotatable bonds is 6. The van der Waals surface area contributed by atoms with Crippen LogP contribution in [0.4, 0.5) is 0 Å². The summed E-state index contributed by atoms with van der Waals surface area (Å²) in [6.07, 6.45) is 5.11. The molecule has 2 aromatic heterocycles. The van der Waals surface area contributed by atoms with E-state index in [9.17, 15) is 4.79 Å². The molecule has 8 nitrogen and oxygen atoms in total. The maximum atomic E-state index is 12.3. The van der Waals surface area contributed by atoms with Gasteiger partial charge in [-0.3, -0.25) is 9.78 Å². The molecule has 1 N–H and O–H groups in total. The van der Waals surface area contributed by atoms with Gasteiger partial charge in [0.25, 0.3) is 5.91 Å². The Bertz CT molecular complexity index is 864. The van der Waals surface area contributed by atoms with E-state index >= 15 is 0 Å². The van der Waals surface area contributed by atoms with E-state index in [0.29, 0.717) is 22.8 Å². The third kappa shape index (κ3) is 3.74. The summed E-state index contributed by atoms with van der Waals surface area (Å²) in [4.78, 5) is 16.3. The topological polar surface area (TPSA) is 91.2 Å². The first-order valence-electron chi connectivity index (χ1n) is 7.53. The van der Waals surface area contributed by atoms with Crippen molar-refractivity contribution in [3.63, 3.8) is 0 Å². The van der Waals surface area contributed by atoms with E-state index in [1.165, 1.54) is 7.11 Å². The van der Waals surface area contributed by atoms with Crippen LogP contribution >= 0.6 is 0 Å². The van der Waals surface area contributed by atoms with E-state index in [2.05, 4.69) is 20.6 Å². The monoisotopic (exact) mass is 339 g/mol. The number of amides is 1. The lowest BCUT2D eigenvalue weighted by Gasteiger charge is -2.09. The van der Waals surface area contributed by atoms with Gasteiger partial charge >= 0.3 is 0 Å². The molecular formula is C17H17N5O3. The highest BCUT2D eigenvalue weighted by Gasteiger charge is 2.11. The highest BCUT2D eigenvalue weighted by atomic mass is 16.5. The minimum atomic E-state index is -0.237. The molecule has 0 spiro atoms. The number of aromatic nitrogens is 4. The summed E-state index contributed by atoms with van der Waals surface area (Å²) in [6.45, 7) is 0.262. The maximum Gasteiger partial charge on any atom is 0.251 e. The molecular weight excluding hydrogens is 322 g/mol. The van der Waals surface area contributed by atoms with E-state index in [0.717, 1.165) is 5.69 Å². The molecule has 128 valence electrons. The molecule has 1 amide bonds. The van der Waals surface area contributed by atoms with Crippen LogP contribution in [0.1, 0.15) is 16.1 Å². The minimum Gasteiger partial charge on any atom is -0.493 e. The van der Waals surface area contributed by atoms with Gasteiger partial charge in [0.2, 0.25) is 0 Å². The molecule has 25 heavy (non-hydrogen) atoms. The second kappa shape index (κ2) is 7.43. The first kappa shape index (κ1) is 16.4. The second-order valence-electron chi connectivity index (χ2n) is 5.11. The fourth-order valence-electron chi connectivity index (χ4n) is 2.25. The Morgan fingerprint density at radius 2 is 1.88 bits per heavy atom. The first-order valence-corrected chi connectivity index (χ1v) is 7.53. The lowest BCUT2D eigenvalue weighted by molar-refractivity contribution is 0.0950. The molecule has 0 fully saturated rings. The summed E-state index contributed by atoms with van der Waals surface area (Å²) in [5.41, 5.74) is 1.96. The van der Waals surface area contributed by atoms with E-state index in [1.807, 2.05) is 12.1 Å². The van der Waals surface area contributed by atoms with Crippen LogP contribution in [-0.4, -0.2) is 40.1 Å². The summed E-state index contributed by atoms with van der Waals surface area (Å²) in [6, 6.07) is 8.63. The Morgan fingerprint density at radius 1 is 1.12 bits per heavy atom. The molecule has 0 saturated carbocycles. The van der Waals surface area contributed by atoms with Gasteiger partial charge in [-0.1, -0.05) is 5.21 Å². The molecule has 0 aliphatic carbocycles. The SMILES string of the molecule is COc1ccc(C(=O)NCc2cn(-c3ccncc3)nn2)cc1OC. The van der Waals surface area contributed by atoms with Gasteiger partial charge in [-0.2, -0.15) is 0 Å². The number of nitrogens with zero attached hydrogens (tertiary/aromatic N) is 4. The standard InChI is InChI=1S/C17H17N5O3/c1-24-15-4-3-12(9-16(15)25-2)17(23)19-10-13-11-22(21-20-13)14-5-7-18-8-6-14/h3-9,11H,10H2,1-2H3,(H,19,23). The molecule has 0 radical (unpaired) electrons. The van der Waals surface area contributed by atoms with Crippen LogP contribution in [0, 0.1) is 0 Å². The number of nitrogens with one attached hydrogen (secondary N) is 1. The zero-order chi connectivity index (χ0) is 17.6. The largest absolute Gasteiger partial charge is 0.493 e. The fourth-order valence-corrected chi connectivity index (χ4v) is 2.25. The van der Waals surface area contributed by atoms with E-state index < -0.39 is 0 Å². The van der Waals surface area contributed by atoms with Gasteiger partial charge in [0, 0.05) is 18.0 Å². The summed E-state index contributed by atoms with van der Waals surface area (Å²) < 4.78 is 12.0. The molecule has 0 atom stereocenters. The van der Waals surface area contributed by atoms with Crippen molar-refractivity contribution in [2.75, 3.05) is 14.2 Å². The average Bonchev–Trinajstić information content (AvgIpc) is 3.15. The predicted molar refractivity (Wildman–Crippen MR) is 89.9 cm³/mol. The van der Waals surface area contributed by atoms with Crippen molar-refractivity contribution in [2.24, 2.45) is 0 Å². The Morgan fingerprint density at radius 3 is 2.60 bits per heavy atom. The highest BCUT2D eigenvalue weighted by Crippen LogP contribution is 2.27. The van der Waals surface area contributed by atoms with Crippen LogP contribution in [-0.2, 0) is 6.54 Å². The molecule has 8 heteroatoms. The number of pyridine rings is 1. The van der Waals surface area contributed by atoms with Gasteiger partial charge in [-0.25, -0.2) is 4.68 Å². The third-order valence-corrected chi connectivity index (χ3v) is 3.54. The Kier molecular flexibility index (Phi) is 4.89. The number of ether oxygens (including phenoxy) is 2. The summed E-state index contributed by atoms with van der Waals surface area (Å²) in [5, 5.41) is 10.9. The molecule has 0 unspecified atom stereocenters. The quantitative estimate of drug-likeness (QED) is 0.734. The van der Waals surface area contributed by atoms with Crippen molar-refractivity contribution in [2.45, 2.75) is 6.54 Å². The molecule has 0 saturated heterocycles. The molecule has 3 aromatic rings. The fraction of sp³-hybridized carbons (Fsp3) is 0.176. The van der Waals surface area contributed by atoms with Crippen molar-refractivity contribution in [1.82, 2.24) is 25.3 Å². The van der Waals surface area contributed by atoms with Gasteiger partial charge in [-0.15, -0.1) is 5.10 Å². The molecule has 0 bridgehead atoms. The lowest BCUT2D eigenvalue weighted by atomic mass is 10.2. The Labute approximate surface area is 144 Å². The van der Waals surface area contributed by atoms with Gasteiger partial charge in [-0.05, 0) is 30.3 Å². The average molecular weight is 339 g/mol. The van der Waals surface area contributed by atoms with Crippen molar-refractivity contribution < 1.29 is 14.3 Å². The number of hydrogen-bond acceptors (Lipinski definition) is 6. The van der Waals surface area contributed by atoms with Crippen LogP contribution in [0.15, 0.2) is 48.9 Å². The van der Waals surface area contributed by atoms with Crippen LogP contribution < -0.4 is 14.8 Å². The van der Waals surface area contributed by atoms with Gasteiger partial charge in [0.1, 0.15) is 5.69 Å². The molecule has 2 heterocycles. The van der Waals surface area contributed by atoms with E-state index in [4.69, 9.17) is 9.47 Å². The second-order valence-corrected chi connectivity index (χ2v) is 5.11. The van der Waals surface area contributed by atoms with Crippen molar-refractivity contribution in [3.05, 3.63) is 60.2 Å². The summed E-state index contributed by atoms with van der Waals surface area (Å²) in [5.74, 6) is 0.831. The molecule has 3 rings (SSSR count). The van der Waals surface area contributed by atoms with Crippen molar-refractivity contribution >= 4 is 5.91 Å². The van der Waals surface area contributed by atoms with Gasteiger partial charge in [0.05, 0.1) is 32.6 Å². The van der Waals surface area contributed by atoms with Crippen LogP contribution in [0.5, 0.6) is 11.5 Å². The minimum absolute atomic E-state index is 0.237. The van der Waals surface area contributed by atoms with Crippen LogP contribution in [0.3, 0.4) is 0 Å². The highest BCUT2D eigenvalue weighted by molar-refractivity contribution is 5.94. The van der Waals surface area contributed by atoms with Crippen LogP contribution in [0.25, 0.3) is 5.69 Å². The van der Waals surface area contributed by atoms with E-state index in [-0.39, 0.29) is 12.5 Å². The molecule has 0 aliphatic heterocycles. The Balaban J connectivity index is 1.66. The number of carbonyl (C=O) groups is 1. The first-order chi connectivity index (χ1) is 12.2. The number of methoxy groups -OCH3 is 2. The Hall–Kier alpha value is -3.42. The number of hydrogen-bond donors (Lipinski definition) is 1. The van der Waals surface area contributed by atoms with Crippen LogP contribution in [0.2, 0.25) is 0 Å². The van der Waals surface area contributed by atoms with Gasteiger partial charge < -0.3 is 14.8 Å². The number of carbonyl (C=O) groups excluding carboxylic acids is 1. The van der Waals surface area contributed by atoms with E-state index in [1.54, 1.807) is 48.6 Å². The summed E-state index contributed by atoms with van der Waals surface area (Å²) >= 11 is 0. The summed E-state index contributed by atoms with van der Waals surface area (Å²) in [7, 11) is 3.07. The molecule has 1 aromatic carbocycles. The smallest absolute Gasteiger partial charge is 0.251 e. The van der Waals surface area contributed by atoms with Crippen molar-refractivity contribution in [3.8, 4) is 17.2 Å². The zero-order valence-electron chi connectivity index (χ0n) is 13.8. The predicted octanol–water partition coefficient (Wildman–Crippen LogP) is 1.61.